The summed E-state index contributed by atoms with van der Waals surface area (Å²) in [5, 5.41) is 11.2. The monoisotopic (exact) mass is 588 g/mol. The summed E-state index contributed by atoms with van der Waals surface area (Å²) in [4.78, 5) is 14.9. The molecule has 1 N–H and O–H groups in total. The molecule has 1 heterocycles. The summed E-state index contributed by atoms with van der Waals surface area (Å²) in [6.07, 6.45) is -4.69. The second-order valence-electron chi connectivity index (χ2n) is 9.68. The molecule has 0 spiro atoms. The average Bonchev–Trinajstić information content (AvgIpc) is 3.01. The Morgan fingerprint density at radius 2 is 1.81 bits per heavy atom. The van der Waals surface area contributed by atoms with Crippen LogP contribution in [0, 0.1) is 0 Å². The van der Waals surface area contributed by atoms with Crippen LogP contribution in [0.5, 0.6) is 5.75 Å². The molecule has 196 valence electrons. The van der Waals surface area contributed by atoms with Crippen molar-refractivity contribution in [2.45, 2.75) is 49.7 Å². The van der Waals surface area contributed by atoms with Crippen LogP contribution in [-0.2, 0) is 41.1 Å². The van der Waals surface area contributed by atoms with Gasteiger partial charge in [-0.2, -0.15) is 13.2 Å². The van der Waals surface area contributed by atoms with E-state index in [9.17, 15) is 27.3 Å². The van der Waals surface area contributed by atoms with Gasteiger partial charge in [0.2, 0.25) is 0 Å². The number of alkyl halides is 3. The normalized spacial score (nSPS) is 13.4. The molecule has 0 aliphatic rings. The number of phenols is 1. The fraction of sp³-hybridized carbons (Fsp3) is 0.400. The smallest absolute Gasteiger partial charge is 0.417 e. The number of hydrogen-bond acceptors (Lipinski definition) is 5. The van der Waals surface area contributed by atoms with E-state index < -0.39 is 34.1 Å². The number of halogens is 4. The van der Waals surface area contributed by atoms with Gasteiger partial charge < -0.3 is 19.3 Å². The van der Waals surface area contributed by atoms with Gasteiger partial charge in [-0.25, -0.2) is 4.79 Å². The van der Waals surface area contributed by atoms with Crippen LogP contribution >= 0.6 is 15.9 Å². The van der Waals surface area contributed by atoms with Gasteiger partial charge in [-0.15, -0.1) is 0 Å². The fourth-order valence-electron chi connectivity index (χ4n) is 3.97. The summed E-state index contributed by atoms with van der Waals surface area (Å²) in [7, 11) is 3.10. The third-order valence-electron chi connectivity index (χ3n) is 5.42. The van der Waals surface area contributed by atoms with Gasteiger partial charge in [0.05, 0.1) is 42.6 Å². The SMILES string of the molecule is CN(C)Cc1c(O)c(Br)cc2c1c(C(=O)OC(C)(C)C)c(CS(=O)c1ccccc1C(F)(F)F)n2C. The zero-order chi connectivity index (χ0) is 27.2. The molecule has 0 bridgehead atoms. The van der Waals surface area contributed by atoms with Crippen LogP contribution in [0.2, 0.25) is 0 Å². The number of hydrogen-bond donors (Lipinski definition) is 1. The Kier molecular flexibility index (Phi) is 7.98. The Labute approximate surface area is 218 Å². The van der Waals surface area contributed by atoms with E-state index in [2.05, 4.69) is 15.9 Å². The molecule has 3 rings (SSSR count). The van der Waals surface area contributed by atoms with E-state index in [0.29, 0.717) is 20.9 Å². The molecular formula is C25H28BrF3N2O4S. The second kappa shape index (κ2) is 10.2. The van der Waals surface area contributed by atoms with Crippen molar-refractivity contribution in [3.63, 3.8) is 0 Å². The van der Waals surface area contributed by atoms with E-state index in [0.717, 1.165) is 6.07 Å². The first-order valence-corrected chi connectivity index (χ1v) is 13.1. The molecule has 0 fully saturated rings. The van der Waals surface area contributed by atoms with Crippen LogP contribution in [0.25, 0.3) is 10.9 Å². The predicted molar refractivity (Wildman–Crippen MR) is 136 cm³/mol. The van der Waals surface area contributed by atoms with Gasteiger partial charge in [0.25, 0.3) is 0 Å². The highest BCUT2D eigenvalue weighted by molar-refractivity contribution is 9.10. The van der Waals surface area contributed by atoms with E-state index in [1.54, 1.807) is 52.5 Å². The van der Waals surface area contributed by atoms with Crippen LogP contribution in [0.15, 0.2) is 39.7 Å². The molecule has 0 saturated carbocycles. The molecule has 3 aromatic rings. The minimum atomic E-state index is -4.69. The Balaban J connectivity index is 2.31. The van der Waals surface area contributed by atoms with Crippen LogP contribution in [0.4, 0.5) is 13.2 Å². The van der Waals surface area contributed by atoms with Gasteiger partial charge in [-0.3, -0.25) is 4.21 Å². The highest BCUT2D eigenvalue weighted by atomic mass is 79.9. The third kappa shape index (κ3) is 5.78. The molecule has 0 saturated heterocycles. The zero-order valence-electron chi connectivity index (χ0n) is 20.8. The highest BCUT2D eigenvalue weighted by Gasteiger charge is 2.36. The lowest BCUT2D eigenvalue weighted by atomic mass is 10.0. The predicted octanol–water partition coefficient (Wildman–Crippen LogP) is 5.99. The van der Waals surface area contributed by atoms with E-state index >= 15 is 0 Å². The lowest BCUT2D eigenvalue weighted by molar-refractivity contribution is -0.139. The molecule has 1 aromatic heterocycles. The van der Waals surface area contributed by atoms with Gasteiger partial charge in [0, 0.05) is 30.2 Å². The van der Waals surface area contributed by atoms with Crippen molar-refractivity contribution in [2.24, 2.45) is 7.05 Å². The van der Waals surface area contributed by atoms with Crippen molar-refractivity contribution in [2.75, 3.05) is 14.1 Å². The molecule has 0 radical (unpaired) electrons. The molecule has 0 amide bonds. The highest BCUT2D eigenvalue weighted by Crippen LogP contribution is 2.41. The molecule has 6 nitrogen and oxygen atoms in total. The van der Waals surface area contributed by atoms with Crippen molar-refractivity contribution < 1.29 is 32.0 Å². The largest absolute Gasteiger partial charge is 0.506 e. The molecule has 1 unspecified atom stereocenters. The van der Waals surface area contributed by atoms with Gasteiger partial charge in [-0.05, 0) is 69.0 Å². The lowest BCUT2D eigenvalue weighted by Gasteiger charge is -2.21. The maximum Gasteiger partial charge on any atom is 0.417 e. The molecule has 36 heavy (non-hydrogen) atoms. The van der Waals surface area contributed by atoms with Gasteiger partial charge in [-0.1, -0.05) is 12.1 Å². The second-order valence-corrected chi connectivity index (χ2v) is 12.0. The summed E-state index contributed by atoms with van der Waals surface area (Å²) in [5.41, 5.74) is -0.568. The summed E-state index contributed by atoms with van der Waals surface area (Å²) < 4.78 is 61.8. The minimum Gasteiger partial charge on any atom is -0.506 e. The van der Waals surface area contributed by atoms with E-state index in [4.69, 9.17) is 4.74 Å². The summed E-state index contributed by atoms with van der Waals surface area (Å²) in [6, 6.07) is 6.31. The van der Waals surface area contributed by atoms with Gasteiger partial charge in [0.1, 0.15) is 11.4 Å². The number of aryl methyl sites for hydroxylation is 1. The topological polar surface area (TPSA) is 71.8 Å². The number of aromatic nitrogens is 1. The van der Waals surface area contributed by atoms with Crippen LogP contribution in [-0.4, -0.2) is 44.4 Å². The molecule has 0 aliphatic heterocycles. The van der Waals surface area contributed by atoms with Crippen molar-refractivity contribution in [3.8, 4) is 5.75 Å². The first-order chi connectivity index (χ1) is 16.5. The zero-order valence-corrected chi connectivity index (χ0v) is 23.2. The number of rotatable bonds is 6. The first kappa shape index (κ1) is 28.2. The van der Waals surface area contributed by atoms with Crippen molar-refractivity contribution in [1.82, 2.24) is 9.47 Å². The summed E-state index contributed by atoms with van der Waals surface area (Å²) in [5.74, 6) is -1.15. The fourth-order valence-corrected chi connectivity index (χ4v) is 5.83. The van der Waals surface area contributed by atoms with Crippen LogP contribution < -0.4 is 0 Å². The number of aromatic hydroxyl groups is 1. The molecule has 2 aromatic carbocycles. The van der Waals surface area contributed by atoms with Crippen LogP contribution in [0.3, 0.4) is 0 Å². The Morgan fingerprint density at radius 3 is 2.36 bits per heavy atom. The van der Waals surface area contributed by atoms with E-state index in [1.807, 2.05) is 4.90 Å². The number of carbonyl (C=O) groups is 1. The Morgan fingerprint density at radius 1 is 1.19 bits per heavy atom. The molecule has 0 aliphatic carbocycles. The van der Waals surface area contributed by atoms with Crippen molar-refractivity contribution in [1.29, 1.82) is 0 Å². The molecule has 1 atom stereocenters. The van der Waals surface area contributed by atoms with Crippen molar-refractivity contribution in [3.05, 3.63) is 57.2 Å². The number of phenolic OH excluding ortho intramolecular Hbond substituents is 1. The third-order valence-corrected chi connectivity index (χ3v) is 7.41. The quantitative estimate of drug-likeness (QED) is 0.358. The van der Waals surface area contributed by atoms with Gasteiger partial charge in [0.15, 0.2) is 0 Å². The number of carbonyl (C=O) groups excluding carboxylic acids is 1. The van der Waals surface area contributed by atoms with Crippen molar-refractivity contribution >= 4 is 43.6 Å². The summed E-state index contributed by atoms with van der Waals surface area (Å²) >= 11 is 3.35. The van der Waals surface area contributed by atoms with E-state index in [1.165, 1.54) is 18.2 Å². The van der Waals surface area contributed by atoms with Crippen LogP contribution in [0.1, 0.15) is 48.0 Å². The number of esters is 1. The Bertz CT molecular complexity index is 1340. The molecular weight excluding hydrogens is 561 g/mol. The lowest BCUT2D eigenvalue weighted by Crippen LogP contribution is -2.25. The number of nitrogens with zero attached hydrogens (tertiary/aromatic N) is 2. The summed E-state index contributed by atoms with van der Waals surface area (Å²) in [6.45, 7) is 5.35. The number of benzene rings is 2. The first-order valence-electron chi connectivity index (χ1n) is 11.0. The molecule has 11 heteroatoms. The standard InChI is InChI=1S/C25H28BrF3N2O4S/c1-24(2,3)35-23(33)21-18(13-36(34)19-10-8-7-9-15(19)25(27,28)29)31(6)17-11-16(26)22(32)14(20(17)21)12-30(4)5/h7-11,32H,12-13H2,1-6H3. The Hall–Kier alpha value is -2.37. The maximum atomic E-state index is 13.6. The maximum absolute atomic E-state index is 13.6. The van der Waals surface area contributed by atoms with Gasteiger partial charge >= 0.3 is 12.1 Å². The minimum absolute atomic E-state index is 0.0679. The van der Waals surface area contributed by atoms with E-state index in [-0.39, 0.29) is 34.2 Å². The number of fused-ring (bicyclic) bond motifs is 1. The number of ether oxygens (including phenoxy) is 1. The average molecular weight is 589 g/mol.